The molecule has 3 aromatic carbocycles. The highest BCUT2D eigenvalue weighted by atomic mass is 32.2. The summed E-state index contributed by atoms with van der Waals surface area (Å²) in [7, 11) is -2.00. The number of sulfonamides is 1. The highest BCUT2D eigenvalue weighted by Crippen LogP contribution is 2.29. The van der Waals surface area contributed by atoms with Crippen molar-refractivity contribution in [1.82, 2.24) is 9.62 Å². The van der Waals surface area contributed by atoms with Gasteiger partial charge in [-0.1, -0.05) is 54.6 Å². The zero-order valence-electron chi connectivity index (χ0n) is 17.5. The number of aryl methyl sites for hydroxylation is 1. The lowest BCUT2D eigenvalue weighted by Gasteiger charge is -2.26. The molecule has 1 atom stereocenters. The van der Waals surface area contributed by atoms with E-state index in [1.54, 1.807) is 61.6 Å². The topological polar surface area (TPSA) is 66.5 Å². The first kappa shape index (κ1) is 21.3. The van der Waals surface area contributed by atoms with Crippen LogP contribution in [0.3, 0.4) is 0 Å². The number of amides is 1. The van der Waals surface area contributed by atoms with Crippen molar-refractivity contribution in [2.75, 3.05) is 7.05 Å². The fourth-order valence-electron chi connectivity index (χ4n) is 4.02. The minimum Gasteiger partial charge on any atom is -0.345 e. The Morgan fingerprint density at radius 3 is 2.39 bits per heavy atom. The van der Waals surface area contributed by atoms with Gasteiger partial charge in [0.1, 0.15) is 0 Å². The summed E-state index contributed by atoms with van der Waals surface area (Å²) in [5.41, 5.74) is 3.89. The van der Waals surface area contributed by atoms with Gasteiger partial charge in [-0.25, -0.2) is 8.42 Å². The summed E-state index contributed by atoms with van der Waals surface area (Å²) in [6.45, 7) is 0.231. The third kappa shape index (κ3) is 4.70. The Bertz CT molecular complexity index is 1160. The van der Waals surface area contributed by atoms with E-state index in [9.17, 15) is 13.2 Å². The number of hydrogen-bond acceptors (Lipinski definition) is 3. The van der Waals surface area contributed by atoms with Crippen molar-refractivity contribution in [2.45, 2.75) is 36.7 Å². The van der Waals surface area contributed by atoms with Crippen molar-refractivity contribution in [3.8, 4) is 0 Å². The summed E-state index contributed by atoms with van der Waals surface area (Å²) in [5.74, 6) is -0.112. The number of hydrogen-bond donors (Lipinski definition) is 1. The maximum absolute atomic E-state index is 12.8. The normalized spacial score (nSPS) is 16.0. The molecule has 5 nitrogen and oxygen atoms in total. The fraction of sp³-hybridized carbons (Fsp3) is 0.240. The van der Waals surface area contributed by atoms with Gasteiger partial charge >= 0.3 is 0 Å². The lowest BCUT2D eigenvalue weighted by Crippen LogP contribution is -2.31. The number of carbonyl (C=O) groups excluding carboxylic acids is 1. The summed E-state index contributed by atoms with van der Waals surface area (Å²) in [4.78, 5) is 13.0. The van der Waals surface area contributed by atoms with E-state index in [4.69, 9.17) is 0 Å². The molecule has 0 aliphatic heterocycles. The Morgan fingerprint density at radius 2 is 1.65 bits per heavy atom. The molecule has 0 saturated carbocycles. The Morgan fingerprint density at radius 1 is 0.968 bits per heavy atom. The highest BCUT2D eigenvalue weighted by molar-refractivity contribution is 7.89. The molecular weight excluding hydrogens is 408 g/mol. The molecule has 0 radical (unpaired) electrons. The highest BCUT2D eigenvalue weighted by Gasteiger charge is 2.23. The number of nitrogens with zero attached hydrogens (tertiary/aromatic N) is 1. The van der Waals surface area contributed by atoms with E-state index in [-0.39, 0.29) is 23.4 Å². The lowest BCUT2D eigenvalue weighted by atomic mass is 9.87. The van der Waals surface area contributed by atoms with Crippen LogP contribution in [0.1, 0.15) is 45.9 Å². The van der Waals surface area contributed by atoms with Gasteiger partial charge in [0.25, 0.3) is 5.91 Å². The minimum absolute atomic E-state index is 0.0271. The summed E-state index contributed by atoms with van der Waals surface area (Å²) in [5, 5.41) is 3.15. The summed E-state index contributed by atoms with van der Waals surface area (Å²) in [6.07, 6.45) is 3.04. The second-order valence-corrected chi connectivity index (χ2v) is 9.93. The first-order valence-corrected chi connectivity index (χ1v) is 11.9. The quantitative estimate of drug-likeness (QED) is 0.629. The Hall–Kier alpha value is -2.96. The fourth-order valence-corrected chi connectivity index (χ4v) is 5.20. The molecule has 1 amide bonds. The number of fused-ring (bicyclic) bond motifs is 1. The Balaban J connectivity index is 1.42. The van der Waals surface area contributed by atoms with Crippen molar-refractivity contribution in [3.05, 3.63) is 101 Å². The zero-order chi connectivity index (χ0) is 21.8. The molecule has 0 saturated heterocycles. The summed E-state index contributed by atoms with van der Waals surface area (Å²) in [6, 6.07) is 23.8. The van der Waals surface area contributed by atoms with E-state index in [2.05, 4.69) is 17.4 Å². The standard InChI is InChI=1S/C25H26N2O3S/c1-27(31(29,30)22-10-3-2-4-11-22)18-19-14-16-21(17-15-19)25(28)26-24-13-7-9-20-8-5-6-12-23(20)24/h2-6,8,10-12,14-17,24H,7,9,13,18H2,1H3,(H,26,28). The Kier molecular flexibility index (Phi) is 6.20. The van der Waals surface area contributed by atoms with Gasteiger partial charge in [0, 0.05) is 19.2 Å². The SMILES string of the molecule is CN(Cc1ccc(C(=O)NC2CCCc3ccccc32)cc1)S(=O)(=O)c1ccccc1. The average Bonchev–Trinajstić information content (AvgIpc) is 2.80. The molecule has 160 valence electrons. The van der Waals surface area contributed by atoms with Crippen LogP contribution in [0.15, 0.2) is 83.8 Å². The number of nitrogens with one attached hydrogen (secondary N) is 1. The lowest BCUT2D eigenvalue weighted by molar-refractivity contribution is 0.0932. The van der Waals surface area contributed by atoms with Gasteiger partial charge in [-0.05, 0) is 60.2 Å². The second-order valence-electron chi connectivity index (χ2n) is 7.89. The van der Waals surface area contributed by atoms with Gasteiger partial charge in [0.05, 0.1) is 10.9 Å². The first-order chi connectivity index (χ1) is 14.9. The molecule has 1 aliphatic carbocycles. The smallest absolute Gasteiger partial charge is 0.251 e. The van der Waals surface area contributed by atoms with E-state index in [0.29, 0.717) is 5.56 Å². The molecular formula is C25H26N2O3S. The van der Waals surface area contributed by atoms with Crippen molar-refractivity contribution in [2.24, 2.45) is 0 Å². The van der Waals surface area contributed by atoms with E-state index >= 15 is 0 Å². The van der Waals surface area contributed by atoms with Crippen LogP contribution in [0.2, 0.25) is 0 Å². The third-order valence-corrected chi connectivity index (χ3v) is 7.57. The molecule has 3 aromatic rings. The van der Waals surface area contributed by atoms with Gasteiger partial charge in [0.2, 0.25) is 10.0 Å². The van der Waals surface area contributed by atoms with Gasteiger partial charge in [-0.2, -0.15) is 4.31 Å². The van der Waals surface area contributed by atoms with Crippen LogP contribution in [0.5, 0.6) is 0 Å². The predicted molar refractivity (Wildman–Crippen MR) is 121 cm³/mol. The molecule has 6 heteroatoms. The molecule has 4 rings (SSSR count). The molecule has 0 heterocycles. The van der Waals surface area contributed by atoms with Gasteiger partial charge < -0.3 is 5.32 Å². The van der Waals surface area contributed by atoms with Gasteiger partial charge in [-0.15, -0.1) is 0 Å². The number of rotatable bonds is 6. The third-order valence-electron chi connectivity index (χ3n) is 5.75. The molecule has 0 aromatic heterocycles. The van der Waals surface area contributed by atoms with E-state index in [0.717, 1.165) is 24.8 Å². The molecule has 1 unspecified atom stereocenters. The minimum atomic E-state index is -3.56. The molecule has 31 heavy (non-hydrogen) atoms. The predicted octanol–water partition coefficient (Wildman–Crippen LogP) is 4.31. The van der Waals surface area contributed by atoms with Crippen molar-refractivity contribution in [1.29, 1.82) is 0 Å². The van der Waals surface area contributed by atoms with Crippen LogP contribution in [-0.4, -0.2) is 25.7 Å². The van der Waals surface area contributed by atoms with Gasteiger partial charge in [-0.3, -0.25) is 4.79 Å². The van der Waals surface area contributed by atoms with Crippen molar-refractivity contribution in [3.63, 3.8) is 0 Å². The molecule has 1 aliphatic rings. The van der Waals surface area contributed by atoms with E-state index in [1.807, 2.05) is 12.1 Å². The Labute approximate surface area is 183 Å². The molecule has 1 N–H and O–H groups in total. The monoisotopic (exact) mass is 434 g/mol. The van der Waals surface area contributed by atoms with Crippen LogP contribution in [0, 0.1) is 0 Å². The molecule has 0 fully saturated rings. The van der Waals surface area contributed by atoms with Crippen LogP contribution >= 0.6 is 0 Å². The van der Waals surface area contributed by atoms with Gasteiger partial charge in [0.15, 0.2) is 0 Å². The van der Waals surface area contributed by atoms with Crippen LogP contribution in [0.4, 0.5) is 0 Å². The largest absolute Gasteiger partial charge is 0.345 e. The van der Waals surface area contributed by atoms with Crippen LogP contribution < -0.4 is 5.32 Å². The van der Waals surface area contributed by atoms with E-state index < -0.39 is 10.0 Å². The first-order valence-electron chi connectivity index (χ1n) is 10.4. The van der Waals surface area contributed by atoms with Crippen LogP contribution in [-0.2, 0) is 23.0 Å². The number of benzene rings is 3. The average molecular weight is 435 g/mol. The van der Waals surface area contributed by atoms with Crippen molar-refractivity contribution >= 4 is 15.9 Å². The molecule has 0 bridgehead atoms. The maximum Gasteiger partial charge on any atom is 0.251 e. The zero-order valence-corrected chi connectivity index (χ0v) is 18.3. The van der Waals surface area contributed by atoms with Crippen molar-refractivity contribution < 1.29 is 13.2 Å². The summed E-state index contributed by atoms with van der Waals surface area (Å²) >= 11 is 0. The maximum atomic E-state index is 12.8. The summed E-state index contributed by atoms with van der Waals surface area (Å²) < 4.78 is 26.7. The number of carbonyl (C=O) groups is 1. The van der Waals surface area contributed by atoms with Crippen LogP contribution in [0.25, 0.3) is 0 Å². The molecule has 0 spiro atoms. The second kappa shape index (κ2) is 9.04. The van der Waals surface area contributed by atoms with E-state index in [1.165, 1.54) is 15.4 Å².